The topological polar surface area (TPSA) is 92.3 Å². The standard InChI is InChI=1S/C11H18N2O4S2/c1-4-9(2)13-19(16,17)11-7-5-6-10(8-11)18(14,15)12-3/h5-9,12-13H,4H2,1-3H3. The molecule has 1 atom stereocenters. The first kappa shape index (κ1) is 16.1. The SMILES string of the molecule is CCC(C)NS(=O)(=O)c1cccc(S(=O)(=O)NC)c1. The Hall–Kier alpha value is -0.960. The largest absolute Gasteiger partial charge is 0.240 e. The van der Waals surface area contributed by atoms with Gasteiger partial charge < -0.3 is 0 Å². The fourth-order valence-electron chi connectivity index (χ4n) is 1.34. The Morgan fingerprint density at radius 1 is 1.11 bits per heavy atom. The first-order chi connectivity index (χ1) is 8.73. The highest BCUT2D eigenvalue weighted by Crippen LogP contribution is 2.15. The van der Waals surface area contributed by atoms with E-state index in [0.717, 1.165) is 6.07 Å². The van der Waals surface area contributed by atoms with Crippen LogP contribution in [0.15, 0.2) is 34.1 Å². The Bertz CT molecular complexity index is 638. The van der Waals surface area contributed by atoms with Crippen molar-refractivity contribution in [2.45, 2.75) is 36.1 Å². The number of hydrogen-bond acceptors (Lipinski definition) is 4. The molecule has 1 unspecified atom stereocenters. The molecular formula is C11H18N2O4S2. The summed E-state index contributed by atoms with van der Waals surface area (Å²) in [6, 6.07) is 5.02. The minimum absolute atomic E-state index is 0.0656. The molecule has 0 aromatic heterocycles. The molecule has 1 rings (SSSR count). The third-order valence-electron chi connectivity index (χ3n) is 2.66. The van der Waals surface area contributed by atoms with E-state index in [1.54, 1.807) is 6.92 Å². The minimum Gasteiger partial charge on any atom is -0.214 e. The van der Waals surface area contributed by atoms with Gasteiger partial charge in [-0.1, -0.05) is 13.0 Å². The lowest BCUT2D eigenvalue weighted by Crippen LogP contribution is -2.32. The van der Waals surface area contributed by atoms with Crippen molar-refractivity contribution in [1.29, 1.82) is 0 Å². The van der Waals surface area contributed by atoms with Gasteiger partial charge in [-0.3, -0.25) is 0 Å². The summed E-state index contributed by atoms with van der Waals surface area (Å²) in [7, 11) is -6.09. The van der Waals surface area contributed by atoms with E-state index < -0.39 is 20.0 Å². The number of rotatable bonds is 6. The zero-order valence-electron chi connectivity index (χ0n) is 11.0. The lowest BCUT2D eigenvalue weighted by Gasteiger charge is -2.12. The number of hydrogen-bond donors (Lipinski definition) is 2. The van der Waals surface area contributed by atoms with Crippen LogP contribution in [0.5, 0.6) is 0 Å². The Morgan fingerprint density at radius 3 is 2.11 bits per heavy atom. The predicted molar refractivity (Wildman–Crippen MR) is 72.8 cm³/mol. The van der Waals surface area contributed by atoms with Crippen molar-refractivity contribution >= 4 is 20.0 Å². The lowest BCUT2D eigenvalue weighted by molar-refractivity contribution is 0.555. The third-order valence-corrected chi connectivity index (χ3v) is 5.66. The molecule has 19 heavy (non-hydrogen) atoms. The van der Waals surface area contributed by atoms with Crippen LogP contribution in [0.25, 0.3) is 0 Å². The molecule has 0 radical (unpaired) electrons. The van der Waals surface area contributed by atoms with Crippen molar-refractivity contribution in [3.05, 3.63) is 24.3 Å². The zero-order chi connectivity index (χ0) is 14.7. The van der Waals surface area contributed by atoms with Crippen molar-refractivity contribution in [1.82, 2.24) is 9.44 Å². The van der Waals surface area contributed by atoms with Gasteiger partial charge in [0.15, 0.2) is 0 Å². The first-order valence-corrected chi connectivity index (χ1v) is 8.75. The summed E-state index contributed by atoms with van der Waals surface area (Å²) >= 11 is 0. The van der Waals surface area contributed by atoms with E-state index in [1.165, 1.54) is 25.2 Å². The average molecular weight is 306 g/mol. The van der Waals surface area contributed by atoms with Gasteiger partial charge in [0.2, 0.25) is 20.0 Å². The summed E-state index contributed by atoms with van der Waals surface area (Å²) < 4.78 is 52.0. The monoisotopic (exact) mass is 306 g/mol. The van der Waals surface area contributed by atoms with Gasteiger partial charge in [0.1, 0.15) is 0 Å². The molecule has 0 aliphatic carbocycles. The van der Waals surface area contributed by atoms with Crippen LogP contribution in [-0.4, -0.2) is 29.9 Å². The molecule has 0 aliphatic rings. The molecule has 0 heterocycles. The molecular weight excluding hydrogens is 288 g/mol. The molecule has 0 spiro atoms. The van der Waals surface area contributed by atoms with Gasteiger partial charge in [0.05, 0.1) is 9.79 Å². The summed E-state index contributed by atoms with van der Waals surface area (Å²) in [4.78, 5) is -0.147. The van der Waals surface area contributed by atoms with Crippen molar-refractivity contribution in [3.63, 3.8) is 0 Å². The van der Waals surface area contributed by atoms with Crippen LogP contribution in [0.2, 0.25) is 0 Å². The van der Waals surface area contributed by atoms with Crippen molar-refractivity contribution in [2.75, 3.05) is 7.05 Å². The summed E-state index contributed by atoms with van der Waals surface area (Å²) in [5.74, 6) is 0. The molecule has 6 nitrogen and oxygen atoms in total. The quantitative estimate of drug-likeness (QED) is 0.808. The van der Waals surface area contributed by atoms with Gasteiger partial charge in [0, 0.05) is 6.04 Å². The van der Waals surface area contributed by atoms with Crippen molar-refractivity contribution in [2.24, 2.45) is 0 Å². The highest BCUT2D eigenvalue weighted by Gasteiger charge is 2.19. The van der Waals surface area contributed by atoms with E-state index in [1.807, 2.05) is 6.92 Å². The van der Waals surface area contributed by atoms with Gasteiger partial charge in [-0.2, -0.15) is 0 Å². The van der Waals surface area contributed by atoms with E-state index in [0.29, 0.717) is 6.42 Å². The second-order valence-electron chi connectivity index (χ2n) is 4.11. The van der Waals surface area contributed by atoms with Crippen LogP contribution in [0.4, 0.5) is 0 Å². The molecule has 108 valence electrons. The highest BCUT2D eigenvalue weighted by atomic mass is 32.2. The fraction of sp³-hybridized carbons (Fsp3) is 0.455. The molecule has 0 amide bonds. The predicted octanol–water partition coefficient (Wildman–Crippen LogP) is 0.671. The van der Waals surface area contributed by atoms with E-state index in [9.17, 15) is 16.8 Å². The molecule has 0 saturated heterocycles. The molecule has 8 heteroatoms. The van der Waals surface area contributed by atoms with Gasteiger partial charge in [0.25, 0.3) is 0 Å². The highest BCUT2D eigenvalue weighted by molar-refractivity contribution is 7.90. The maximum atomic E-state index is 12.0. The van der Waals surface area contributed by atoms with Crippen molar-refractivity contribution < 1.29 is 16.8 Å². The number of nitrogens with one attached hydrogen (secondary N) is 2. The minimum atomic E-state index is -3.70. The van der Waals surface area contributed by atoms with Crippen LogP contribution in [-0.2, 0) is 20.0 Å². The van der Waals surface area contributed by atoms with E-state index in [4.69, 9.17) is 0 Å². The van der Waals surface area contributed by atoms with Crippen molar-refractivity contribution in [3.8, 4) is 0 Å². The maximum Gasteiger partial charge on any atom is 0.240 e. The van der Waals surface area contributed by atoms with Gasteiger partial charge in [-0.05, 0) is 38.6 Å². The summed E-state index contributed by atoms with van der Waals surface area (Å²) in [6.07, 6.45) is 0.647. The Morgan fingerprint density at radius 2 is 1.63 bits per heavy atom. The average Bonchev–Trinajstić information content (AvgIpc) is 2.38. The molecule has 2 N–H and O–H groups in total. The van der Waals surface area contributed by atoms with Crippen LogP contribution < -0.4 is 9.44 Å². The van der Waals surface area contributed by atoms with Crippen LogP contribution in [0, 0.1) is 0 Å². The fourth-order valence-corrected chi connectivity index (χ4v) is 3.57. The Labute approximate surface area is 114 Å². The van der Waals surface area contributed by atoms with E-state index >= 15 is 0 Å². The second-order valence-corrected chi connectivity index (χ2v) is 7.71. The van der Waals surface area contributed by atoms with E-state index in [2.05, 4.69) is 9.44 Å². The maximum absolute atomic E-state index is 12.0. The van der Waals surface area contributed by atoms with Gasteiger partial charge >= 0.3 is 0 Å². The van der Waals surface area contributed by atoms with Gasteiger partial charge in [-0.15, -0.1) is 0 Å². The summed E-state index contributed by atoms with van der Waals surface area (Å²) in [5, 5.41) is 0. The number of sulfonamides is 2. The lowest BCUT2D eigenvalue weighted by atomic mass is 10.3. The Balaban J connectivity index is 3.20. The van der Waals surface area contributed by atoms with E-state index in [-0.39, 0.29) is 15.8 Å². The molecule has 0 saturated carbocycles. The molecule has 0 fully saturated rings. The third kappa shape index (κ3) is 4.00. The van der Waals surface area contributed by atoms with Crippen LogP contribution in [0.3, 0.4) is 0 Å². The number of benzene rings is 1. The Kier molecular flexibility index (Phi) is 5.08. The normalized spacial score (nSPS) is 14.3. The summed E-state index contributed by atoms with van der Waals surface area (Å²) in [6.45, 7) is 3.60. The second kappa shape index (κ2) is 6.00. The van der Waals surface area contributed by atoms with Crippen LogP contribution >= 0.6 is 0 Å². The summed E-state index contributed by atoms with van der Waals surface area (Å²) in [5.41, 5.74) is 0. The van der Waals surface area contributed by atoms with Crippen LogP contribution in [0.1, 0.15) is 20.3 Å². The molecule has 1 aromatic carbocycles. The molecule has 1 aromatic rings. The molecule has 0 aliphatic heterocycles. The van der Waals surface area contributed by atoms with Gasteiger partial charge in [-0.25, -0.2) is 26.3 Å². The smallest absolute Gasteiger partial charge is 0.214 e. The zero-order valence-corrected chi connectivity index (χ0v) is 12.7. The molecule has 0 bridgehead atoms. The first-order valence-electron chi connectivity index (χ1n) is 5.79.